The van der Waals surface area contributed by atoms with Gasteiger partial charge in [0.2, 0.25) is 0 Å². The van der Waals surface area contributed by atoms with E-state index < -0.39 is 0 Å². The first-order valence-electron chi connectivity index (χ1n) is 6.61. The molecule has 106 valence electrons. The van der Waals surface area contributed by atoms with E-state index in [0.717, 1.165) is 30.3 Å². The molecule has 0 aliphatic heterocycles. The van der Waals surface area contributed by atoms with Crippen molar-refractivity contribution in [1.29, 1.82) is 0 Å². The number of rotatable bonds is 5. The molecule has 0 aliphatic rings. The van der Waals surface area contributed by atoms with E-state index in [1.54, 1.807) is 13.2 Å². The van der Waals surface area contributed by atoms with Crippen LogP contribution < -0.4 is 10.6 Å². The Labute approximate surface area is 119 Å². The third-order valence-corrected chi connectivity index (χ3v) is 2.98. The van der Waals surface area contributed by atoms with Gasteiger partial charge in [0, 0.05) is 45.1 Å². The second-order valence-corrected chi connectivity index (χ2v) is 4.37. The van der Waals surface area contributed by atoms with Gasteiger partial charge in [0.25, 0.3) is 0 Å². The van der Waals surface area contributed by atoms with Crippen LogP contribution in [0.15, 0.2) is 41.7 Å². The van der Waals surface area contributed by atoms with E-state index in [-0.39, 0.29) is 0 Å². The fraction of sp³-hybridized carbons (Fsp3) is 0.357. The summed E-state index contributed by atoms with van der Waals surface area (Å²) in [7, 11) is 3.69. The maximum Gasteiger partial charge on any atom is 0.191 e. The van der Waals surface area contributed by atoms with Gasteiger partial charge in [-0.1, -0.05) is 6.07 Å². The third kappa shape index (κ3) is 4.08. The lowest BCUT2D eigenvalue weighted by molar-refractivity contribution is 0.683. The van der Waals surface area contributed by atoms with E-state index in [2.05, 4.69) is 25.7 Å². The van der Waals surface area contributed by atoms with Crippen LogP contribution in [-0.4, -0.2) is 34.3 Å². The molecule has 0 aliphatic carbocycles. The summed E-state index contributed by atoms with van der Waals surface area (Å²) in [4.78, 5) is 8.48. The Morgan fingerprint density at radius 2 is 2.15 bits per heavy atom. The molecule has 0 atom stereocenters. The fourth-order valence-electron chi connectivity index (χ4n) is 1.82. The number of guanidine groups is 1. The van der Waals surface area contributed by atoms with Gasteiger partial charge in [-0.3, -0.25) is 14.7 Å². The zero-order valence-electron chi connectivity index (χ0n) is 11.9. The summed E-state index contributed by atoms with van der Waals surface area (Å²) in [5, 5.41) is 10.7. The lowest BCUT2D eigenvalue weighted by Gasteiger charge is -2.11. The van der Waals surface area contributed by atoms with Gasteiger partial charge in [0.1, 0.15) is 0 Å². The van der Waals surface area contributed by atoms with Crippen molar-refractivity contribution >= 4 is 5.96 Å². The predicted octanol–water partition coefficient (Wildman–Crippen LogP) is 0.723. The molecular weight excluding hydrogens is 252 g/mol. The molecule has 0 unspecified atom stereocenters. The molecule has 0 saturated heterocycles. The highest BCUT2D eigenvalue weighted by atomic mass is 15.3. The van der Waals surface area contributed by atoms with Crippen LogP contribution in [0, 0.1) is 0 Å². The average molecular weight is 272 g/mol. The molecule has 2 rings (SSSR count). The number of pyridine rings is 1. The number of aromatic nitrogens is 3. The molecular formula is C14H20N6. The van der Waals surface area contributed by atoms with Crippen LogP contribution in [0.4, 0.5) is 0 Å². The molecule has 0 fully saturated rings. The van der Waals surface area contributed by atoms with Gasteiger partial charge in [0.15, 0.2) is 5.96 Å². The predicted molar refractivity (Wildman–Crippen MR) is 79.4 cm³/mol. The van der Waals surface area contributed by atoms with E-state index in [4.69, 9.17) is 0 Å². The molecule has 20 heavy (non-hydrogen) atoms. The van der Waals surface area contributed by atoms with Crippen LogP contribution >= 0.6 is 0 Å². The quantitative estimate of drug-likeness (QED) is 0.622. The Balaban J connectivity index is 1.74. The summed E-state index contributed by atoms with van der Waals surface area (Å²) in [5.41, 5.74) is 2.18. The highest BCUT2D eigenvalue weighted by Crippen LogP contribution is 1.95. The third-order valence-electron chi connectivity index (χ3n) is 2.98. The molecule has 0 bridgehead atoms. The molecule has 2 aromatic heterocycles. The number of nitrogens with zero attached hydrogens (tertiary/aromatic N) is 4. The van der Waals surface area contributed by atoms with Crippen LogP contribution in [0.25, 0.3) is 0 Å². The van der Waals surface area contributed by atoms with Crippen LogP contribution in [-0.2, 0) is 20.0 Å². The highest BCUT2D eigenvalue weighted by Gasteiger charge is 2.01. The first-order chi connectivity index (χ1) is 9.79. The topological polar surface area (TPSA) is 67.1 Å². The SMILES string of the molecule is CN=C(NCCc1ccccn1)NCc1ccnn1C. The van der Waals surface area contributed by atoms with Gasteiger partial charge in [-0.05, 0) is 18.2 Å². The monoisotopic (exact) mass is 272 g/mol. The van der Waals surface area contributed by atoms with Crippen molar-refractivity contribution in [3.05, 3.63) is 48.0 Å². The minimum Gasteiger partial charge on any atom is -0.356 e. The molecule has 0 aromatic carbocycles. The maximum absolute atomic E-state index is 4.29. The van der Waals surface area contributed by atoms with Gasteiger partial charge in [-0.15, -0.1) is 0 Å². The minimum absolute atomic E-state index is 0.694. The Bertz CT molecular complexity index is 546. The van der Waals surface area contributed by atoms with Crippen LogP contribution in [0.1, 0.15) is 11.4 Å². The van der Waals surface area contributed by atoms with Gasteiger partial charge >= 0.3 is 0 Å². The van der Waals surface area contributed by atoms with Crippen LogP contribution in [0.3, 0.4) is 0 Å². The zero-order chi connectivity index (χ0) is 14.2. The van der Waals surface area contributed by atoms with Crippen molar-refractivity contribution < 1.29 is 0 Å². The Hall–Kier alpha value is -2.37. The molecule has 0 saturated carbocycles. The van der Waals surface area contributed by atoms with E-state index in [0.29, 0.717) is 6.54 Å². The number of nitrogens with one attached hydrogen (secondary N) is 2. The van der Waals surface area contributed by atoms with E-state index >= 15 is 0 Å². The summed E-state index contributed by atoms with van der Waals surface area (Å²) in [6, 6.07) is 7.92. The van der Waals surface area contributed by atoms with Crippen LogP contribution in [0.5, 0.6) is 0 Å². The van der Waals surface area contributed by atoms with Crippen molar-refractivity contribution in [3.8, 4) is 0 Å². The van der Waals surface area contributed by atoms with Gasteiger partial charge in [-0.25, -0.2) is 0 Å². The van der Waals surface area contributed by atoms with E-state index in [9.17, 15) is 0 Å². The Kier molecular flexibility index (Phi) is 5.11. The standard InChI is InChI=1S/C14H20N6/c1-15-14(18-11-13-7-10-19-20(13)2)17-9-6-12-5-3-4-8-16-12/h3-5,7-8,10H,6,9,11H2,1-2H3,(H2,15,17,18). The second-order valence-electron chi connectivity index (χ2n) is 4.37. The summed E-state index contributed by atoms with van der Waals surface area (Å²) in [6.45, 7) is 1.49. The summed E-state index contributed by atoms with van der Waals surface area (Å²) in [5.74, 6) is 0.780. The van der Waals surface area contributed by atoms with Crippen molar-refractivity contribution in [3.63, 3.8) is 0 Å². The largest absolute Gasteiger partial charge is 0.356 e. The van der Waals surface area contributed by atoms with Crippen molar-refractivity contribution in [2.24, 2.45) is 12.0 Å². The number of aryl methyl sites for hydroxylation is 1. The lowest BCUT2D eigenvalue weighted by atomic mass is 10.3. The molecule has 2 aromatic rings. The number of hydrogen-bond donors (Lipinski definition) is 2. The summed E-state index contributed by atoms with van der Waals surface area (Å²) < 4.78 is 1.84. The molecule has 6 nitrogen and oxygen atoms in total. The highest BCUT2D eigenvalue weighted by molar-refractivity contribution is 5.79. The van der Waals surface area contributed by atoms with Gasteiger partial charge in [0.05, 0.1) is 12.2 Å². The van der Waals surface area contributed by atoms with Gasteiger partial charge in [-0.2, -0.15) is 5.10 Å². The molecule has 0 amide bonds. The maximum atomic E-state index is 4.29. The smallest absolute Gasteiger partial charge is 0.191 e. The second kappa shape index (κ2) is 7.28. The lowest BCUT2D eigenvalue weighted by Crippen LogP contribution is -2.38. The minimum atomic E-state index is 0.694. The van der Waals surface area contributed by atoms with E-state index in [1.165, 1.54) is 0 Å². The normalized spacial score (nSPS) is 11.4. The molecule has 6 heteroatoms. The van der Waals surface area contributed by atoms with E-state index in [1.807, 2.05) is 42.2 Å². The average Bonchev–Trinajstić information content (AvgIpc) is 2.89. The molecule has 0 spiro atoms. The first-order valence-corrected chi connectivity index (χ1v) is 6.61. The van der Waals surface area contributed by atoms with Crippen LogP contribution in [0.2, 0.25) is 0 Å². The molecule has 2 heterocycles. The Morgan fingerprint density at radius 3 is 2.80 bits per heavy atom. The van der Waals surface area contributed by atoms with Crippen molar-refractivity contribution in [2.45, 2.75) is 13.0 Å². The fourth-order valence-corrected chi connectivity index (χ4v) is 1.82. The van der Waals surface area contributed by atoms with Crippen molar-refractivity contribution in [1.82, 2.24) is 25.4 Å². The molecule has 0 radical (unpaired) electrons. The number of hydrogen-bond acceptors (Lipinski definition) is 3. The molecule has 2 N–H and O–H groups in total. The zero-order valence-corrected chi connectivity index (χ0v) is 11.9. The number of aliphatic imine (C=N–C) groups is 1. The Morgan fingerprint density at radius 1 is 1.25 bits per heavy atom. The summed E-state index contributed by atoms with van der Waals surface area (Å²) >= 11 is 0. The summed E-state index contributed by atoms with van der Waals surface area (Å²) in [6.07, 6.45) is 4.46. The van der Waals surface area contributed by atoms with Crippen molar-refractivity contribution in [2.75, 3.05) is 13.6 Å². The van der Waals surface area contributed by atoms with Gasteiger partial charge < -0.3 is 10.6 Å². The first kappa shape index (κ1) is 14.0.